The summed E-state index contributed by atoms with van der Waals surface area (Å²) in [6.07, 6.45) is 5.12. The number of hydrogen-bond acceptors (Lipinski definition) is 4. The molecule has 0 radical (unpaired) electrons. The Labute approximate surface area is 148 Å². The van der Waals surface area contributed by atoms with Gasteiger partial charge in [-0.25, -0.2) is 0 Å². The Morgan fingerprint density at radius 3 is 3.00 bits per heavy atom. The van der Waals surface area contributed by atoms with E-state index in [1.54, 1.807) is 0 Å². The van der Waals surface area contributed by atoms with Crippen LogP contribution in [0.25, 0.3) is 0 Å². The van der Waals surface area contributed by atoms with Crippen LogP contribution < -0.4 is 5.32 Å². The van der Waals surface area contributed by atoms with Gasteiger partial charge in [-0.05, 0) is 57.8 Å². The number of rotatable bonds is 4. The van der Waals surface area contributed by atoms with Crippen LogP contribution in [0, 0.1) is 6.92 Å². The molecule has 1 amide bonds. The van der Waals surface area contributed by atoms with Gasteiger partial charge in [0.1, 0.15) is 11.5 Å². The smallest absolute Gasteiger partial charge is 0.251 e. The maximum Gasteiger partial charge on any atom is 0.251 e. The number of benzene rings is 1. The van der Waals surface area contributed by atoms with Gasteiger partial charge in [0.25, 0.3) is 5.91 Å². The summed E-state index contributed by atoms with van der Waals surface area (Å²) in [4.78, 5) is 15.0. The summed E-state index contributed by atoms with van der Waals surface area (Å²) in [5.74, 6) is 1.02. The maximum absolute atomic E-state index is 12.5. The van der Waals surface area contributed by atoms with E-state index in [1.165, 1.54) is 18.4 Å². The Bertz CT molecular complexity index is 762. The molecule has 2 heterocycles. The molecule has 4 rings (SSSR count). The molecule has 1 atom stereocenters. The summed E-state index contributed by atoms with van der Waals surface area (Å²) in [6.45, 7) is 5.17. The number of nitrogens with zero attached hydrogens (tertiary/aromatic N) is 2. The van der Waals surface area contributed by atoms with E-state index in [0.29, 0.717) is 0 Å². The molecule has 1 fully saturated rings. The topological polar surface area (TPSA) is 58.4 Å². The van der Waals surface area contributed by atoms with Crippen LogP contribution in [0.15, 0.2) is 28.8 Å². The third-order valence-corrected chi connectivity index (χ3v) is 5.31. The summed E-state index contributed by atoms with van der Waals surface area (Å²) in [5, 5.41) is 7.51. The zero-order chi connectivity index (χ0) is 17.2. The summed E-state index contributed by atoms with van der Waals surface area (Å²) >= 11 is 0. The van der Waals surface area contributed by atoms with Crippen molar-refractivity contribution in [3.63, 3.8) is 0 Å². The molecule has 2 aliphatic rings. The lowest BCUT2D eigenvalue weighted by Gasteiger charge is -2.23. The first kappa shape index (κ1) is 16.3. The molecule has 25 heavy (non-hydrogen) atoms. The van der Waals surface area contributed by atoms with Crippen molar-refractivity contribution >= 4 is 5.91 Å². The highest BCUT2D eigenvalue weighted by Crippen LogP contribution is 2.26. The predicted molar refractivity (Wildman–Crippen MR) is 95.5 cm³/mol. The number of hydrogen-bond donors (Lipinski definition) is 1. The Morgan fingerprint density at radius 2 is 2.20 bits per heavy atom. The molecular weight excluding hydrogens is 314 g/mol. The van der Waals surface area contributed by atoms with Crippen LogP contribution in [-0.2, 0) is 19.4 Å². The molecular formula is C20H25N3O2. The number of fused-ring (bicyclic) bond motifs is 1. The highest BCUT2D eigenvalue weighted by atomic mass is 16.5. The van der Waals surface area contributed by atoms with E-state index >= 15 is 0 Å². The quantitative estimate of drug-likeness (QED) is 0.930. The molecule has 5 heteroatoms. The van der Waals surface area contributed by atoms with Crippen LogP contribution in [0.2, 0.25) is 0 Å². The number of likely N-dealkylation sites (tertiary alicyclic amines) is 1. The first-order valence-corrected chi connectivity index (χ1v) is 9.25. The average molecular weight is 339 g/mol. The van der Waals surface area contributed by atoms with E-state index in [-0.39, 0.29) is 11.9 Å². The van der Waals surface area contributed by atoms with Crippen molar-refractivity contribution < 1.29 is 9.32 Å². The largest absolute Gasteiger partial charge is 0.361 e. The summed E-state index contributed by atoms with van der Waals surface area (Å²) < 4.78 is 5.56. The molecule has 0 spiro atoms. The van der Waals surface area contributed by atoms with Crippen LogP contribution in [0.3, 0.4) is 0 Å². The van der Waals surface area contributed by atoms with Gasteiger partial charge in [-0.3, -0.25) is 9.69 Å². The van der Waals surface area contributed by atoms with Gasteiger partial charge in [-0.15, -0.1) is 0 Å². The second-order valence-corrected chi connectivity index (χ2v) is 7.30. The molecule has 0 bridgehead atoms. The second kappa shape index (κ2) is 7.00. The lowest BCUT2D eigenvalue weighted by Crippen LogP contribution is -2.39. The third-order valence-electron chi connectivity index (χ3n) is 5.31. The Balaban J connectivity index is 1.43. The Kier molecular flexibility index (Phi) is 4.57. The highest BCUT2D eigenvalue weighted by molar-refractivity contribution is 5.94. The molecule has 1 saturated heterocycles. The van der Waals surface area contributed by atoms with Crippen LogP contribution in [-0.4, -0.2) is 35.1 Å². The fourth-order valence-corrected chi connectivity index (χ4v) is 3.92. The number of aromatic nitrogens is 1. The monoisotopic (exact) mass is 339 g/mol. The number of carbonyl (C=O) groups excluding carboxylic acids is 1. The Hall–Kier alpha value is -2.14. The molecule has 132 valence electrons. The molecule has 1 N–H and O–H groups in total. The van der Waals surface area contributed by atoms with Gasteiger partial charge in [-0.1, -0.05) is 22.9 Å². The van der Waals surface area contributed by atoms with Crippen molar-refractivity contribution in [1.29, 1.82) is 0 Å². The summed E-state index contributed by atoms with van der Waals surface area (Å²) in [7, 11) is 0. The number of nitrogens with one attached hydrogen (secondary N) is 1. The minimum atomic E-state index is 0.00898. The minimum absolute atomic E-state index is 0.00898. The zero-order valence-corrected chi connectivity index (χ0v) is 14.8. The van der Waals surface area contributed by atoms with Crippen molar-refractivity contribution in [2.24, 2.45) is 0 Å². The minimum Gasteiger partial charge on any atom is -0.361 e. The van der Waals surface area contributed by atoms with Gasteiger partial charge >= 0.3 is 0 Å². The molecule has 1 aliphatic heterocycles. The molecule has 1 aromatic carbocycles. The van der Waals surface area contributed by atoms with E-state index < -0.39 is 0 Å². The summed E-state index contributed by atoms with van der Waals surface area (Å²) in [5.41, 5.74) is 4.11. The van der Waals surface area contributed by atoms with Gasteiger partial charge in [0.2, 0.25) is 0 Å². The SMILES string of the molecule is Cc1cccc(C(=O)NC2CCc3onc(CN4CCCC4)c3C2)c1. The van der Waals surface area contributed by atoms with Gasteiger partial charge in [-0.2, -0.15) is 0 Å². The first-order chi connectivity index (χ1) is 12.2. The fourth-order valence-electron chi connectivity index (χ4n) is 3.92. The molecule has 0 saturated carbocycles. The molecule has 1 aromatic heterocycles. The third kappa shape index (κ3) is 3.61. The fraction of sp³-hybridized carbons (Fsp3) is 0.500. The second-order valence-electron chi connectivity index (χ2n) is 7.30. The lowest BCUT2D eigenvalue weighted by atomic mass is 9.91. The molecule has 1 unspecified atom stereocenters. The van der Waals surface area contributed by atoms with Crippen molar-refractivity contribution in [2.45, 2.75) is 51.6 Å². The Morgan fingerprint density at radius 1 is 1.36 bits per heavy atom. The van der Waals surface area contributed by atoms with E-state index in [4.69, 9.17) is 4.52 Å². The highest BCUT2D eigenvalue weighted by Gasteiger charge is 2.28. The maximum atomic E-state index is 12.5. The molecule has 1 aliphatic carbocycles. The number of aryl methyl sites for hydroxylation is 2. The molecule has 2 aromatic rings. The zero-order valence-electron chi connectivity index (χ0n) is 14.8. The number of amides is 1. The summed E-state index contributed by atoms with van der Waals surface area (Å²) in [6, 6.07) is 7.89. The predicted octanol–water partition coefficient (Wildman–Crippen LogP) is 2.87. The van der Waals surface area contributed by atoms with Crippen molar-refractivity contribution in [3.05, 3.63) is 52.4 Å². The van der Waals surface area contributed by atoms with E-state index in [1.807, 2.05) is 31.2 Å². The number of carbonyl (C=O) groups is 1. The van der Waals surface area contributed by atoms with Gasteiger partial charge in [0.15, 0.2) is 0 Å². The standard InChI is InChI=1S/C20H25N3O2/c1-14-5-4-6-15(11-14)20(24)21-16-7-8-19-17(12-16)18(22-25-19)13-23-9-2-3-10-23/h4-6,11,16H,2-3,7-10,12-13H2,1H3,(H,21,24). The van der Waals surface area contributed by atoms with Crippen molar-refractivity contribution in [3.8, 4) is 0 Å². The van der Waals surface area contributed by atoms with Crippen LogP contribution in [0.5, 0.6) is 0 Å². The van der Waals surface area contributed by atoms with Gasteiger partial charge in [0.05, 0.1) is 0 Å². The van der Waals surface area contributed by atoms with E-state index in [9.17, 15) is 4.79 Å². The first-order valence-electron chi connectivity index (χ1n) is 9.25. The van der Waals surface area contributed by atoms with Crippen LogP contribution >= 0.6 is 0 Å². The van der Waals surface area contributed by atoms with E-state index in [0.717, 1.165) is 61.5 Å². The van der Waals surface area contributed by atoms with Crippen molar-refractivity contribution in [2.75, 3.05) is 13.1 Å². The lowest BCUT2D eigenvalue weighted by molar-refractivity contribution is 0.0932. The average Bonchev–Trinajstić information content (AvgIpc) is 3.26. The van der Waals surface area contributed by atoms with Gasteiger partial charge in [0, 0.05) is 30.1 Å². The van der Waals surface area contributed by atoms with E-state index in [2.05, 4.69) is 15.4 Å². The van der Waals surface area contributed by atoms with Gasteiger partial charge < -0.3 is 9.84 Å². The normalized spacial score (nSPS) is 20.4. The van der Waals surface area contributed by atoms with Crippen LogP contribution in [0.4, 0.5) is 0 Å². The van der Waals surface area contributed by atoms with Crippen LogP contribution in [0.1, 0.15) is 52.2 Å². The van der Waals surface area contributed by atoms with Crippen molar-refractivity contribution in [1.82, 2.24) is 15.4 Å². The molecule has 5 nitrogen and oxygen atoms in total.